The fraction of sp³-hybridized carbons (Fsp3) is 0.105. The van der Waals surface area contributed by atoms with Crippen molar-refractivity contribution in [2.45, 2.75) is 17.1 Å². The van der Waals surface area contributed by atoms with Crippen molar-refractivity contribution in [3.8, 4) is 0 Å². The number of H-pyrrole nitrogens is 1. The molecule has 0 saturated carbocycles. The maximum absolute atomic E-state index is 12.9. The van der Waals surface area contributed by atoms with Crippen LogP contribution in [-0.2, 0) is 9.84 Å². The van der Waals surface area contributed by atoms with Gasteiger partial charge in [-0.1, -0.05) is 29.0 Å². The molecule has 126 valence electrons. The van der Waals surface area contributed by atoms with Gasteiger partial charge in [-0.05, 0) is 48.9 Å². The van der Waals surface area contributed by atoms with E-state index in [1.807, 2.05) is 24.3 Å². The summed E-state index contributed by atoms with van der Waals surface area (Å²) < 4.78 is 26.8. The van der Waals surface area contributed by atoms with Gasteiger partial charge in [0.2, 0.25) is 0 Å². The highest BCUT2D eigenvalue weighted by atomic mass is 32.2. The van der Waals surface area contributed by atoms with E-state index < -0.39 is 15.1 Å². The van der Waals surface area contributed by atoms with Crippen molar-refractivity contribution < 1.29 is 18.4 Å². The Morgan fingerprint density at radius 1 is 1.00 bits per heavy atom. The van der Waals surface area contributed by atoms with E-state index in [2.05, 4.69) is 4.98 Å². The van der Waals surface area contributed by atoms with Crippen molar-refractivity contribution in [1.29, 1.82) is 0 Å². The third kappa shape index (κ3) is 2.46. The number of hydrogen-bond donors (Lipinski definition) is 2. The number of nitrogens with one attached hydrogen (secondary N) is 1. The molecule has 0 amide bonds. The number of pyridine rings is 1. The van der Waals surface area contributed by atoms with Crippen LogP contribution in [0.15, 0.2) is 71.8 Å². The molecule has 0 spiro atoms. The topological polar surface area (TPSA) is 74.0 Å². The van der Waals surface area contributed by atoms with E-state index in [-0.39, 0.29) is 0 Å². The summed E-state index contributed by atoms with van der Waals surface area (Å²) in [6, 6.07) is 17.6. The molecule has 2 heterocycles. The smallest absolute Gasteiger partial charge is 0.326 e. The second kappa shape index (κ2) is 5.60. The predicted octanol–water partition coefficient (Wildman–Crippen LogP) is 3.38. The summed E-state index contributed by atoms with van der Waals surface area (Å²) in [7, 11) is -3.47. The summed E-state index contributed by atoms with van der Waals surface area (Å²) in [5.41, 5.74) is 2.14. The largest absolute Gasteiger partial charge is 0.350 e. The Morgan fingerprint density at radius 2 is 1.76 bits per heavy atom. The lowest BCUT2D eigenvalue weighted by Gasteiger charge is -2.13. The second-order valence-corrected chi connectivity index (χ2v) is 8.31. The number of aromatic nitrogens is 2. The van der Waals surface area contributed by atoms with Gasteiger partial charge in [-0.25, -0.2) is 13.4 Å². The highest BCUT2D eigenvalue weighted by Crippen LogP contribution is 2.32. The molecule has 2 N–H and O–H groups in total. The quantitative estimate of drug-likeness (QED) is 0.438. The third-order valence-corrected chi connectivity index (χ3v) is 6.70. The van der Waals surface area contributed by atoms with Crippen LogP contribution in [0.3, 0.4) is 0 Å². The second-order valence-electron chi connectivity index (χ2n) is 6.05. The minimum Gasteiger partial charge on any atom is -0.350 e. The molecule has 2 aromatic heterocycles. The molecular weight excluding hydrogens is 336 g/mol. The van der Waals surface area contributed by atoms with Crippen LogP contribution in [0.4, 0.5) is 0 Å². The van der Waals surface area contributed by atoms with E-state index >= 15 is 0 Å². The molecule has 1 atom stereocenters. The summed E-state index contributed by atoms with van der Waals surface area (Å²) >= 11 is 0. The summed E-state index contributed by atoms with van der Waals surface area (Å²) in [4.78, 5) is 3.46. The molecule has 2 aromatic carbocycles. The van der Waals surface area contributed by atoms with Gasteiger partial charge >= 0.3 is 5.65 Å². The van der Waals surface area contributed by atoms with Gasteiger partial charge in [0.15, 0.2) is 9.84 Å². The SMILES string of the molecule is CC(c1ccc2[nH]c3c(ccc[n+]3O)c2c1)S(=O)(=O)c1ccccc1. The van der Waals surface area contributed by atoms with Crippen LogP contribution in [-0.4, -0.2) is 18.6 Å². The Hall–Kier alpha value is -2.86. The standard InChI is InChI=1S/C19H16N2O3S/c1-13(25(23,24)15-6-3-2-4-7-15)14-9-10-18-17(12-14)16-8-5-11-21(22)19(16)20-18/h2-13,22H,1H3/p+1. The van der Waals surface area contributed by atoms with E-state index in [1.54, 1.807) is 49.5 Å². The van der Waals surface area contributed by atoms with E-state index in [0.717, 1.165) is 21.0 Å². The van der Waals surface area contributed by atoms with Crippen LogP contribution in [0, 0.1) is 0 Å². The molecule has 4 aromatic rings. The number of fused-ring (bicyclic) bond motifs is 3. The van der Waals surface area contributed by atoms with Crippen LogP contribution in [0.5, 0.6) is 0 Å². The van der Waals surface area contributed by atoms with Gasteiger partial charge in [-0.15, -0.1) is 0 Å². The molecule has 4 rings (SSSR count). The van der Waals surface area contributed by atoms with Gasteiger partial charge in [0.05, 0.1) is 15.5 Å². The van der Waals surface area contributed by atoms with Crippen molar-refractivity contribution >= 4 is 31.8 Å². The first-order valence-corrected chi connectivity index (χ1v) is 9.47. The fourth-order valence-corrected chi connectivity index (χ4v) is 4.56. The van der Waals surface area contributed by atoms with Gasteiger partial charge in [-0.3, -0.25) is 0 Å². The molecule has 1 unspecified atom stereocenters. The lowest BCUT2D eigenvalue weighted by Crippen LogP contribution is -2.29. The zero-order valence-electron chi connectivity index (χ0n) is 13.5. The van der Waals surface area contributed by atoms with E-state index in [9.17, 15) is 13.6 Å². The molecule has 0 bridgehead atoms. The van der Waals surface area contributed by atoms with Crippen LogP contribution < -0.4 is 4.73 Å². The van der Waals surface area contributed by atoms with Crippen molar-refractivity contribution in [2.24, 2.45) is 0 Å². The first kappa shape index (κ1) is 15.7. The number of aromatic amines is 1. The molecule has 0 radical (unpaired) electrons. The van der Waals surface area contributed by atoms with Gasteiger partial charge in [0.1, 0.15) is 11.7 Å². The molecule has 0 aliphatic heterocycles. The lowest BCUT2D eigenvalue weighted by atomic mass is 10.1. The van der Waals surface area contributed by atoms with Crippen molar-refractivity contribution in [2.75, 3.05) is 0 Å². The van der Waals surface area contributed by atoms with Crippen LogP contribution in [0.25, 0.3) is 21.9 Å². The Balaban J connectivity index is 1.87. The summed E-state index contributed by atoms with van der Waals surface area (Å²) in [5, 5.41) is 11.0. The number of benzene rings is 2. The van der Waals surface area contributed by atoms with Gasteiger partial charge in [-0.2, -0.15) is 0 Å². The molecule has 0 aliphatic carbocycles. The Kier molecular flexibility index (Phi) is 3.51. The van der Waals surface area contributed by atoms with E-state index in [0.29, 0.717) is 16.1 Å². The third-order valence-electron chi connectivity index (χ3n) is 4.57. The monoisotopic (exact) mass is 353 g/mol. The summed E-state index contributed by atoms with van der Waals surface area (Å²) in [5.74, 6) is 0. The molecular formula is C19H17N2O3S+. The Bertz CT molecular complexity index is 1180. The number of rotatable bonds is 3. The average molecular weight is 353 g/mol. The lowest BCUT2D eigenvalue weighted by molar-refractivity contribution is -0.885. The molecule has 6 heteroatoms. The van der Waals surface area contributed by atoms with Gasteiger partial charge < -0.3 is 5.21 Å². The number of nitrogens with zero attached hydrogens (tertiary/aromatic N) is 1. The average Bonchev–Trinajstić information content (AvgIpc) is 3.01. The molecule has 25 heavy (non-hydrogen) atoms. The maximum Gasteiger partial charge on any atom is 0.326 e. The zero-order chi connectivity index (χ0) is 17.6. The van der Waals surface area contributed by atoms with Gasteiger partial charge in [0.25, 0.3) is 0 Å². The van der Waals surface area contributed by atoms with Crippen LogP contribution >= 0.6 is 0 Å². The van der Waals surface area contributed by atoms with Crippen molar-refractivity contribution in [1.82, 2.24) is 4.98 Å². The fourth-order valence-electron chi connectivity index (χ4n) is 3.11. The van der Waals surface area contributed by atoms with Crippen LogP contribution in [0.1, 0.15) is 17.7 Å². The number of hydrogen-bond acceptors (Lipinski definition) is 3. The first-order chi connectivity index (χ1) is 12.0. The number of sulfone groups is 1. The summed E-state index contributed by atoms with van der Waals surface area (Å²) in [6.45, 7) is 1.70. The van der Waals surface area contributed by atoms with E-state index in [1.165, 1.54) is 0 Å². The minimum atomic E-state index is -3.47. The van der Waals surface area contributed by atoms with Gasteiger partial charge in [0, 0.05) is 5.39 Å². The highest BCUT2D eigenvalue weighted by molar-refractivity contribution is 7.91. The van der Waals surface area contributed by atoms with Crippen molar-refractivity contribution in [3.05, 3.63) is 72.4 Å². The minimum absolute atomic E-state index is 0.315. The first-order valence-electron chi connectivity index (χ1n) is 7.93. The Labute approximate surface area is 145 Å². The molecule has 0 aliphatic rings. The summed E-state index contributed by atoms with van der Waals surface area (Å²) in [6.07, 6.45) is 1.54. The highest BCUT2D eigenvalue weighted by Gasteiger charge is 2.25. The zero-order valence-corrected chi connectivity index (χ0v) is 14.4. The van der Waals surface area contributed by atoms with Crippen molar-refractivity contribution in [3.63, 3.8) is 0 Å². The predicted molar refractivity (Wildman–Crippen MR) is 95.2 cm³/mol. The molecule has 0 fully saturated rings. The molecule has 0 saturated heterocycles. The Morgan fingerprint density at radius 3 is 2.52 bits per heavy atom. The van der Waals surface area contributed by atoms with E-state index in [4.69, 9.17) is 0 Å². The normalized spacial score (nSPS) is 13.3. The van der Waals surface area contributed by atoms with Crippen LogP contribution in [0.2, 0.25) is 0 Å². The maximum atomic E-state index is 12.9. The molecule has 5 nitrogen and oxygen atoms in total.